The Morgan fingerprint density at radius 1 is 0.731 bits per heavy atom. The molecule has 4 rings (SSSR count). The monoisotopic (exact) mass is 342 g/mol. The highest BCUT2D eigenvalue weighted by Gasteiger charge is 2.11. The van der Waals surface area contributed by atoms with Gasteiger partial charge in [-0.2, -0.15) is 5.11 Å². The number of nitrogens with two attached hydrogens (primary N) is 1. The summed E-state index contributed by atoms with van der Waals surface area (Å²) in [6.45, 7) is 0. The van der Waals surface area contributed by atoms with E-state index in [0.717, 1.165) is 21.5 Å². The van der Waals surface area contributed by atoms with Crippen LogP contribution in [0.25, 0.3) is 21.5 Å². The number of benzene rings is 4. The van der Waals surface area contributed by atoms with Gasteiger partial charge in [-0.05, 0) is 22.9 Å². The van der Waals surface area contributed by atoms with Crippen molar-refractivity contribution in [1.82, 2.24) is 0 Å². The Morgan fingerprint density at radius 2 is 1.27 bits per heavy atom. The number of non-ortho nitro benzene ring substituents is 1. The predicted molar refractivity (Wildman–Crippen MR) is 103 cm³/mol. The van der Waals surface area contributed by atoms with Crippen molar-refractivity contribution in [2.45, 2.75) is 0 Å². The highest BCUT2D eigenvalue weighted by molar-refractivity contribution is 6.18. The summed E-state index contributed by atoms with van der Waals surface area (Å²) >= 11 is 0. The second kappa shape index (κ2) is 6.25. The van der Waals surface area contributed by atoms with E-state index in [0.29, 0.717) is 17.1 Å². The van der Waals surface area contributed by atoms with Crippen molar-refractivity contribution >= 4 is 44.3 Å². The number of nitrogens with zero attached hydrogens (tertiary/aromatic N) is 3. The molecular weight excluding hydrogens is 328 g/mol. The van der Waals surface area contributed by atoms with Gasteiger partial charge in [0.2, 0.25) is 0 Å². The normalized spacial score (nSPS) is 11.4. The topological polar surface area (TPSA) is 93.9 Å². The smallest absolute Gasteiger partial charge is 0.269 e. The average Bonchev–Trinajstić information content (AvgIpc) is 2.68. The molecule has 0 atom stereocenters. The molecule has 6 heteroatoms. The number of rotatable bonds is 3. The molecule has 0 unspecified atom stereocenters. The van der Waals surface area contributed by atoms with Crippen LogP contribution in [0.5, 0.6) is 0 Å². The molecule has 26 heavy (non-hydrogen) atoms. The number of hydrogen-bond acceptors (Lipinski definition) is 5. The molecule has 4 aromatic rings. The first-order valence-corrected chi connectivity index (χ1v) is 8.00. The van der Waals surface area contributed by atoms with E-state index in [9.17, 15) is 10.1 Å². The van der Waals surface area contributed by atoms with Crippen molar-refractivity contribution in [3.63, 3.8) is 0 Å². The van der Waals surface area contributed by atoms with Crippen LogP contribution in [0, 0.1) is 10.1 Å². The molecule has 6 nitrogen and oxygen atoms in total. The summed E-state index contributed by atoms with van der Waals surface area (Å²) in [6.07, 6.45) is 0. The molecule has 126 valence electrons. The van der Waals surface area contributed by atoms with Crippen molar-refractivity contribution < 1.29 is 4.92 Å². The summed E-state index contributed by atoms with van der Waals surface area (Å²) in [5.74, 6) is 0. The van der Waals surface area contributed by atoms with E-state index >= 15 is 0 Å². The van der Waals surface area contributed by atoms with Crippen molar-refractivity contribution in [1.29, 1.82) is 0 Å². The van der Waals surface area contributed by atoms with Gasteiger partial charge in [-0.15, -0.1) is 5.11 Å². The summed E-state index contributed by atoms with van der Waals surface area (Å²) in [5.41, 5.74) is 8.06. The molecule has 0 aromatic heterocycles. The lowest BCUT2D eigenvalue weighted by atomic mass is 9.99. The second-order valence-corrected chi connectivity index (χ2v) is 5.83. The summed E-state index contributed by atoms with van der Waals surface area (Å²) in [6, 6.07) is 21.7. The van der Waals surface area contributed by atoms with Crippen LogP contribution in [0.3, 0.4) is 0 Å². The molecule has 0 aliphatic heterocycles. The molecule has 0 fully saturated rings. The minimum atomic E-state index is -0.449. The van der Waals surface area contributed by atoms with Gasteiger partial charge in [-0.25, -0.2) is 0 Å². The largest absolute Gasteiger partial charge is 0.396 e. The molecule has 0 radical (unpaired) electrons. The third kappa shape index (κ3) is 2.63. The summed E-state index contributed by atoms with van der Waals surface area (Å²) in [4.78, 5) is 10.3. The molecule has 0 heterocycles. The number of hydrogen-bond donors (Lipinski definition) is 1. The van der Waals surface area contributed by atoms with Crippen molar-refractivity contribution in [2.75, 3.05) is 5.73 Å². The standard InChI is InChI=1S/C20H14N4O2/c21-19-17-7-3-1-5-15(17)16-6-2-4-8-18(16)20(19)23-22-13-9-11-14(12-10-13)24(25)26/h1-12H,21H2. The van der Waals surface area contributed by atoms with Gasteiger partial charge >= 0.3 is 0 Å². The van der Waals surface area contributed by atoms with Crippen LogP contribution < -0.4 is 5.73 Å². The maximum absolute atomic E-state index is 10.7. The Bertz CT molecular complexity index is 1170. The maximum atomic E-state index is 10.7. The van der Waals surface area contributed by atoms with Crippen LogP contribution >= 0.6 is 0 Å². The number of nitro benzene ring substituents is 1. The first kappa shape index (κ1) is 15.7. The second-order valence-electron chi connectivity index (χ2n) is 5.83. The van der Waals surface area contributed by atoms with Crippen LogP contribution in [0.15, 0.2) is 83.0 Å². The first-order valence-electron chi connectivity index (χ1n) is 8.00. The fourth-order valence-electron chi connectivity index (χ4n) is 3.01. The Hall–Kier alpha value is -3.80. The highest BCUT2D eigenvalue weighted by Crippen LogP contribution is 2.40. The zero-order valence-corrected chi connectivity index (χ0v) is 13.7. The molecule has 0 spiro atoms. The molecule has 2 N–H and O–H groups in total. The quantitative estimate of drug-likeness (QED) is 0.165. The molecule has 0 amide bonds. The summed E-state index contributed by atoms with van der Waals surface area (Å²) < 4.78 is 0. The lowest BCUT2D eigenvalue weighted by Crippen LogP contribution is -1.90. The molecular formula is C20H14N4O2. The SMILES string of the molecule is Nc1c(N=Nc2ccc([N+](=O)[O-])cc2)c2ccccc2c2ccccc12. The fourth-order valence-corrected chi connectivity index (χ4v) is 3.01. The van der Waals surface area contributed by atoms with Gasteiger partial charge in [0.05, 0.1) is 16.3 Å². The molecule has 0 saturated heterocycles. The summed E-state index contributed by atoms with van der Waals surface area (Å²) in [7, 11) is 0. The predicted octanol–water partition coefficient (Wildman–Crippen LogP) is 5.90. The van der Waals surface area contributed by atoms with E-state index in [1.165, 1.54) is 12.1 Å². The third-order valence-electron chi connectivity index (χ3n) is 4.27. The van der Waals surface area contributed by atoms with Crippen molar-refractivity contribution in [3.8, 4) is 0 Å². The van der Waals surface area contributed by atoms with Crippen LogP contribution in [0.1, 0.15) is 0 Å². The Kier molecular flexibility index (Phi) is 3.78. The van der Waals surface area contributed by atoms with Crippen LogP contribution in [-0.2, 0) is 0 Å². The molecule has 0 saturated carbocycles. The van der Waals surface area contributed by atoms with E-state index in [-0.39, 0.29) is 5.69 Å². The lowest BCUT2D eigenvalue weighted by Gasteiger charge is -2.10. The first-order chi connectivity index (χ1) is 12.6. The van der Waals surface area contributed by atoms with E-state index in [4.69, 9.17) is 5.73 Å². The average molecular weight is 342 g/mol. The number of fused-ring (bicyclic) bond motifs is 3. The van der Waals surface area contributed by atoms with Crippen molar-refractivity contribution in [2.24, 2.45) is 10.2 Å². The third-order valence-corrected chi connectivity index (χ3v) is 4.27. The number of nitrogen functional groups attached to an aromatic ring is 1. The Morgan fingerprint density at radius 3 is 1.88 bits per heavy atom. The maximum Gasteiger partial charge on any atom is 0.269 e. The highest BCUT2D eigenvalue weighted by atomic mass is 16.6. The van der Waals surface area contributed by atoms with Crippen LogP contribution in [0.2, 0.25) is 0 Å². The van der Waals surface area contributed by atoms with E-state index in [2.05, 4.69) is 10.2 Å². The van der Waals surface area contributed by atoms with Gasteiger partial charge in [0, 0.05) is 22.9 Å². The van der Waals surface area contributed by atoms with Crippen molar-refractivity contribution in [3.05, 3.63) is 82.9 Å². The fraction of sp³-hybridized carbons (Fsp3) is 0. The molecule has 0 aliphatic rings. The van der Waals surface area contributed by atoms with E-state index in [1.54, 1.807) is 12.1 Å². The summed E-state index contributed by atoms with van der Waals surface area (Å²) in [5, 5.41) is 23.3. The Balaban J connectivity index is 1.87. The van der Waals surface area contributed by atoms with E-state index < -0.39 is 4.92 Å². The van der Waals surface area contributed by atoms with Gasteiger partial charge in [-0.1, -0.05) is 48.5 Å². The molecule has 0 bridgehead atoms. The molecule has 0 aliphatic carbocycles. The number of nitro groups is 1. The minimum Gasteiger partial charge on any atom is -0.396 e. The van der Waals surface area contributed by atoms with Gasteiger partial charge < -0.3 is 5.73 Å². The van der Waals surface area contributed by atoms with Gasteiger partial charge in [0.15, 0.2) is 0 Å². The van der Waals surface area contributed by atoms with Crippen LogP contribution in [0.4, 0.5) is 22.7 Å². The zero-order valence-electron chi connectivity index (χ0n) is 13.7. The van der Waals surface area contributed by atoms with Gasteiger partial charge in [0.1, 0.15) is 5.69 Å². The zero-order chi connectivity index (χ0) is 18.1. The number of azo groups is 1. The number of anilines is 1. The van der Waals surface area contributed by atoms with Crippen LogP contribution in [-0.4, -0.2) is 4.92 Å². The minimum absolute atomic E-state index is 0.0135. The van der Waals surface area contributed by atoms with Gasteiger partial charge in [-0.3, -0.25) is 10.1 Å². The van der Waals surface area contributed by atoms with Gasteiger partial charge in [0.25, 0.3) is 5.69 Å². The van der Waals surface area contributed by atoms with E-state index in [1.807, 2.05) is 48.5 Å². The lowest BCUT2D eigenvalue weighted by molar-refractivity contribution is -0.384. The Labute approximate surface area is 148 Å². The molecule has 4 aromatic carbocycles.